The molecule has 1 amide bonds. The number of aromatic carboxylic acids is 1. The van der Waals surface area contributed by atoms with Gasteiger partial charge in [0.2, 0.25) is 0 Å². The topological polar surface area (TPSA) is 66.8 Å². The Bertz CT molecular complexity index is 836. The monoisotopic (exact) mass is 339 g/mol. The van der Waals surface area contributed by atoms with Gasteiger partial charge in [-0.05, 0) is 55.2 Å². The molecule has 1 N–H and O–H groups in total. The molecule has 5 heteroatoms. The Hall–Kier alpha value is -2.82. The minimum Gasteiger partial charge on any atom is -0.478 e. The molecule has 0 bridgehead atoms. The first kappa shape index (κ1) is 17.0. The van der Waals surface area contributed by atoms with E-state index in [4.69, 9.17) is 4.74 Å². The van der Waals surface area contributed by atoms with Crippen LogP contribution in [0.1, 0.15) is 42.3 Å². The number of hydrogen-bond acceptors (Lipinski definition) is 3. The largest absolute Gasteiger partial charge is 0.478 e. The molecule has 1 aliphatic rings. The number of hydrogen-bond donors (Lipinski definition) is 1. The van der Waals surface area contributed by atoms with Crippen LogP contribution in [0, 0.1) is 0 Å². The van der Waals surface area contributed by atoms with Crippen molar-refractivity contribution in [2.75, 3.05) is 0 Å². The fraction of sp³-hybridized carbons (Fsp3) is 0.300. The van der Waals surface area contributed by atoms with E-state index < -0.39 is 11.6 Å². The number of fused-ring (bicyclic) bond motifs is 1. The molecule has 0 saturated heterocycles. The highest BCUT2D eigenvalue weighted by molar-refractivity contribution is 5.89. The lowest BCUT2D eigenvalue weighted by atomic mass is 9.96. The van der Waals surface area contributed by atoms with Crippen molar-refractivity contribution in [3.8, 4) is 11.1 Å². The summed E-state index contributed by atoms with van der Waals surface area (Å²) in [5.41, 5.74) is 3.59. The number of ether oxygens (including phenoxy) is 1. The highest BCUT2D eigenvalue weighted by atomic mass is 16.6. The second-order valence-corrected chi connectivity index (χ2v) is 7.17. The summed E-state index contributed by atoms with van der Waals surface area (Å²) in [5.74, 6) is -0.954. The van der Waals surface area contributed by atoms with Crippen LogP contribution in [0.4, 0.5) is 4.79 Å². The van der Waals surface area contributed by atoms with Gasteiger partial charge in [-0.25, -0.2) is 9.59 Å². The average Bonchev–Trinajstić information content (AvgIpc) is 2.97. The van der Waals surface area contributed by atoms with Gasteiger partial charge in [-0.1, -0.05) is 30.3 Å². The van der Waals surface area contributed by atoms with Crippen molar-refractivity contribution < 1.29 is 19.4 Å². The van der Waals surface area contributed by atoms with Gasteiger partial charge in [0.1, 0.15) is 5.60 Å². The summed E-state index contributed by atoms with van der Waals surface area (Å²) >= 11 is 0. The van der Waals surface area contributed by atoms with Crippen molar-refractivity contribution >= 4 is 12.1 Å². The molecule has 1 aliphatic heterocycles. The van der Waals surface area contributed by atoms with E-state index in [1.165, 1.54) is 0 Å². The molecule has 0 atom stereocenters. The Labute approximate surface area is 146 Å². The van der Waals surface area contributed by atoms with E-state index in [1.54, 1.807) is 23.1 Å². The van der Waals surface area contributed by atoms with Crippen LogP contribution in [0.3, 0.4) is 0 Å². The van der Waals surface area contributed by atoms with Gasteiger partial charge in [-0.2, -0.15) is 0 Å². The molecule has 0 radical (unpaired) electrons. The number of amides is 1. The number of carboxylic acid groups (broad SMARTS) is 1. The first-order chi connectivity index (χ1) is 11.7. The first-order valence-corrected chi connectivity index (χ1v) is 8.17. The van der Waals surface area contributed by atoms with Gasteiger partial charge in [0.15, 0.2) is 0 Å². The van der Waals surface area contributed by atoms with E-state index >= 15 is 0 Å². The molecule has 0 spiro atoms. The molecule has 2 aromatic rings. The smallest absolute Gasteiger partial charge is 0.410 e. The zero-order chi connectivity index (χ0) is 18.2. The Morgan fingerprint density at radius 3 is 2.48 bits per heavy atom. The van der Waals surface area contributed by atoms with Crippen LogP contribution in [-0.4, -0.2) is 27.7 Å². The maximum absolute atomic E-state index is 12.3. The summed E-state index contributed by atoms with van der Waals surface area (Å²) in [6.07, 6.45) is -0.339. The van der Waals surface area contributed by atoms with E-state index in [2.05, 4.69) is 0 Å². The standard InChI is InChI=1S/C20H21NO4/c1-20(2,3)25-19(24)21-11-15-8-5-9-16(17(15)12-21)13-6-4-7-14(10-13)18(22)23/h4-10H,11-12H2,1-3H3,(H,22,23). The Balaban J connectivity index is 1.91. The van der Waals surface area contributed by atoms with Gasteiger partial charge in [0, 0.05) is 6.54 Å². The summed E-state index contributed by atoms with van der Waals surface area (Å²) in [6.45, 7) is 6.49. The van der Waals surface area contributed by atoms with Gasteiger partial charge in [0.05, 0.1) is 12.1 Å². The normalized spacial score (nSPS) is 13.5. The third kappa shape index (κ3) is 3.65. The average molecular weight is 339 g/mol. The predicted octanol–water partition coefficient (Wildman–Crippen LogP) is 4.30. The zero-order valence-electron chi connectivity index (χ0n) is 14.6. The maximum Gasteiger partial charge on any atom is 0.410 e. The molecule has 0 unspecified atom stereocenters. The second-order valence-electron chi connectivity index (χ2n) is 7.17. The highest BCUT2D eigenvalue weighted by Crippen LogP contribution is 2.33. The number of rotatable bonds is 2. The van der Waals surface area contributed by atoms with Crippen LogP contribution in [0.2, 0.25) is 0 Å². The maximum atomic E-state index is 12.3. The predicted molar refractivity (Wildman–Crippen MR) is 94.3 cm³/mol. The Morgan fingerprint density at radius 2 is 1.80 bits per heavy atom. The minimum absolute atomic E-state index is 0.247. The van der Waals surface area contributed by atoms with Crippen molar-refractivity contribution in [2.45, 2.75) is 39.5 Å². The number of carboxylic acids is 1. The summed E-state index contributed by atoms with van der Waals surface area (Å²) < 4.78 is 5.46. The van der Waals surface area contributed by atoms with Crippen LogP contribution in [0.5, 0.6) is 0 Å². The van der Waals surface area contributed by atoms with E-state index in [0.717, 1.165) is 22.3 Å². The fourth-order valence-electron chi connectivity index (χ4n) is 2.97. The van der Waals surface area contributed by atoms with E-state index in [9.17, 15) is 14.7 Å². The molecule has 0 aliphatic carbocycles. The summed E-state index contributed by atoms with van der Waals surface area (Å²) in [7, 11) is 0. The van der Waals surface area contributed by atoms with Crippen LogP contribution < -0.4 is 0 Å². The van der Waals surface area contributed by atoms with Crippen molar-refractivity contribution in [1.82, 2.24) is 4.90 Å². The highest BCUT2D eigenvalue weighted by Gasteiger charge is 2.29. The third-order valence-corrected chi connectivity index (χ3v) is 4.06. The molecule has 25 heavy (non-hydrogen) atoms. The molecule has 0 aromatic heterocycles. The van der Waals surface area contributed by atoms with Gasteiger partial charge in [0.25, 0.3) is 0 Å². The minimum atomic E-state index is -0.954. The molecular formula is C20H21NO4. The molecule has 2 aromatic carbocycles. The van der Waals surface area contributed by atoms with E-state index in [1.807, 2.05) is 45.0 Å². The van der Waals surface area contributed by atoms with E-state index in [-0.39, 0.29) is 11.7 Å². The number of carbonyl (C=O) groups is 2. The number of carbonyl (C=O) groups excluding carboxylic acids is 1. The zero-order valence-corrected chi connectivity index (χ0v) is 14.6. The first-order valence-electron chi connectivity index (χ1n) is 8.17. The van der Waals surface area contributed by atoms with Crippen LogP contribution in [0.25, 0.3) is 11.1 Å². The summed E-state index contributed by atoms with van der Waals surface area (Å²) in [4.78, 5) is 25.2. The molecular weight excluding hydrogens is 318 g/mol. The van der Waals surface area contributed by atoms with Crippen LogP contribution in [0.15, 0.2) is 42.5 Å². The quantitative estimate of drug-likeness (QED) is 0.886. The Morgan fingerprint density at radius 1 is 1.08 bits per heavy atom. The van der Waals surface area contributed by atoms with Crippen molar-refractivity contribution in [2.24, 2.45) is 0 Å². The molecule has 3 rings (SSSR count). The lowest BCUT2D eigenvalue weighted by molar-refractivity contribution is 0.0242. The molecule has 130 valence electrons. The molecule has 1 heterocycles. The summed E-state index contributed by atoms with van der Waals surface area (Å²) in [6, 6.07) is 12.7. The fourth-order valence-corrected chi connectivity index (χ4v) is 2.97. The SMILES string of the molecule is CC(C)(C)OC(=O)N1Cc2cccc(-c3cccc(C(=O)O)c3)c2C1. The Kier molecular flexibility index (Phi) is 4.25. The third-order valence-electron chi connectivity index (χ3n) is 4.06. The van der Waals surface area contributed by atoms with Gasteiger partial charge in [-0.15, -0.1) is 0 Å². The lowest BCUT2D eigenvalue weighted by Gasteiger charge is -2.24. The molecule has 5 nitrogen and oxygen atoms in total. The van der Waals surface area contributed by atoms with E-state index in [0.29, 0.717) is 13.1 Å². The van der Waals surface area contributed by atoms with Gasteiger partial charge in [-0.3, -0.25) is 4.90 Å². The van der Waals surface area contributed by atoms with Gasteiger partial charge < -0.3 is 9.84 Å². The summed E-state index contributed by atoms with van der Waals surface area (Å²) in [5, 5.41) is 9.20. The van der Waals surface area contributed by atoms with Crippen molar-refractivity contribution in [3.05, 3.63) is 59.2 Å². The van der Waals surface area contributed by atoms with Crippen molar-refractivity contribution in [3.63, 3.8) is 0 Å². The van der Waals surface area contributed by atoms with Crippen LogP contribution >= 0.6 is 0 Å². The van der Waals surface area contributed by atoms with Gasteiger partial charge >= 0.3 is 12.1 Å². The lowest BCUT2D eigenvalue weighted by Crippen LogP contribution is -2.33. The second kappa shape index (κ2) is 6.24. The van der Waals surface area contributed by atoms with Crippen molar-refractivity contribution in [1.29, 1.82) is 0 Å². The van der Waals surface area contributed by atoms with Crippen LogP contribution in [-0.2, 0) is 17.8 Å². The molecule has 0 saturated carbocycles. The number of benzene rings is 2. The molecule has 0 fully saturated rings. The number of nitrogens with zero attached hydrogens (tertiary/aromatic N) is 1.